The topological polar surface area (TPSA) is 6.25 Å². The summed E-state index contributed by atoms with van der Waals surface area (Å²) in [5.74, 6) is 0. The minimum atomic E-state index is -0.0975. The molecule has 0 amide bonds. The molecule has 2 nitrogen and oxygen atoms in total. The molecular formula is C35H45Cl2N2+. The van der Waals surface area contributed by atoms with Gasteiger partial charge in [-0.2, -0.15) is 4.58 Å². The molecule has 2 aromatic rings. The van der Waals surface area contributed by atoms with Gasteiger partial charge >= 0.3 is 0 Å². The number of benzene rings is 2. The number of fused-ring (bicyclic) bond motifs is 2. The standard InChI is InChI=1S/C35H45Cl2N2/c1-7-9-14-22-38-30-20-18-26(36)24-28(30)34(3,4)32(38)16-12-11-13-17-33-35(5,6)29-25-27(37)19-21-31(29)39(33)23-15-10-8-2/h11-13,16-21,24-25H,7-10,14-15,22-23H2,1-6H3/q+1. The number of halogens is 2. The van der Waals surface area contributed by atoms with E-state index in [1.165, 1.54) is 72.4 Å². The van der Waals surface area contributed by atoms with Gasteiger partial charge in [0.2, 0.25) is 5.69 Å². The van der Waals surface area contributed by atoms with Gasteiger partial charge < -0.3 is 4.90 Å². The van der Waals surface area contributed by atoms with Gasteiger partial charge in [0.05, 0.1) is 5.41 Å². The van der Waals surface area contributed by atoms with Crippen LogP contribution in [0.2, 0.25) is 10.0 Å². The van der Waals surface area contributed by atoms with Gasteiger partial charge in [-0.15, -0.1) is 0 Å². The molecule has 0 N–H and O–H groups in total. The molecule has 4 heteroatoms. The van der Waals surface area contributed by atoms with E-state index in [0.29, 0.717) is 0 Å². The third kappa shape index (κ3) is 6.08. The van der Waals surface area contributed by atoms with Crippen molar-refractivity contribution in [2.45, 2.75) is 90.9 Å². The second kappa shape index (κ2) is 12.5. The molecule has 0 saturated carbocycles. The van der Waals surface area contributed by atoms with Crippen molar-refractivity contribution in [3.05, 3.63) is 93.6 Å². The predicted octanol–water partition coefficient (Wildman–Crippen LogP) is 10.5. The Labute approximate surface area is 246 Å². The van der Waals surface area contributed by atoms with Crippen LogP contribution in [0, 0.1) is 0 Å². The minimum absolute atomic E-state index is 0.0975. The van der Waals surface area contributed by atoms with Crippen LogP contribution in [0.15, 0.2) is 72.5 Å². The van der Waals surface area contributed by atoms with Crippen LogP contribution in [0.5, 0.6) is 0 Å². The number of anilines is 1. The molecule has 0 unspecified atom stereocenters. The lowest BCUT2D eigenvalue weighted by atomic mass is 9.81. The normalized spacial score (nSPS) is 18.7. The van der Waals surface area contributed by atoms with Crippen molar-refractivity contribution in [1.29, 1.82) is 0 Å². The SMILES string of the molecule is CCCCCN1/C(=C/C=C/C=C/C2=[N+](CCCCC)c3ccc(Cl)cc3C2(C)C)C(C)(C)c2cc(Cl)ccc21. The molecule has 0 bridgehead atoms. The van der Waals surface area contributed by atoms with Crippen LogP contribution < -0.4 is 4.90 Å². The van der Waals surface area contributed by atoms with Crippen LogP contribution >= 0.6 is 23.2 Å². The molecule has 39 heavy (non-hydrogen) atoms. The zero-order chi connectivity index (χ0) is 28.2. The Morgan fingerprint density at radius 2 is 1.44 bits per heavy atom. The smallest absolute Gasteiger partial charge is 0.209 e. The van der Waals surface area contributed by atoms with E-state index in [4.69, 9.17) is 23.2 Å². The summed E-state index contributed by atoms with van der Waals surface area (Å²) in [6.45, 7) is 15.8. The van der Waals surface area contributed by atoms with Gasteiger partial charge in [-0.3, -0.25) is 0 Å². The summed E-state index contributed by atoms with van der Waals surface area (Å²) >= 11 is 12.8. The summed E-state index contributed by atoms with van der Waals surface area (Å²) in [6.07, 6.45) is 18.4. The van der Waals surface area contributed by atoms with E-state index in [-0.39, 0.29) is 10.8 Å². The Balaban J connectivity index is 1.62. The molecule has 2 aliphatic rings. The molecule has 2 heterocycles. The van der Waals surface area contributed by atoms with Crippen molar-refractivity contribution < 1.29 is 4.58 Å². The Bertz CT molecular complexity index is 1310. The first-order chi connectivity index (χ1) is 18.6. The van der Waals surface area contributed by atoms with Gasteiger partial charge in [-0.25, -0.2) is 0 Å². The maximum atomic E-state index is 6.42. The number of nitrogens with zero attached hydrogens (tertiary/aromatic N) is 2. The second-order valence-electron chi connectivity index (χ2n) is 12.0. The summed E-state index contributed by atoms with van der Waals surface area (Å²) in [5.41, 5.74) is 7.67. The van der Waals surface area contributed by atoms with E-state index in [2.05, 4.69) is 106 Å². The molecule has 0 atom stereocenters. The minimum Gasteiger partial charge on any atom is -0.344 e. The second-order valence-corrected chi connectivity index (χ2v) is 12.8. The predicted molar refractivity (Wildman–Crippen MR) is 172 cm³/mol. The number of hydrogen-bond donors (Lipinski definition) is 0. The van der Waals surface area contributed by atoms with Crippen molar-refractivity contribution in [1.82, 2.24) is 0 Å². The Hall–Kier alpha value is -2.29. The van der Waals surface area contributed by atoms with Crippen LogP contribution in [0.25, 0.3) is 0 Å². The fourth-order valence-electron chi connectivity index (χ4n) is 6.17. The van der Waals surface area contributed by atoms with Crippen molar-refractivity contribution in [3.63, 3.8) is 0 Å². The highest BCUT2D eigenvalue weighted by Crippen LogP contribution is 2.48. The maximum absolute atomic E-state index is 6.42. The molecule has 0 spiro atoms. The molecule has 208 valence electrons. The van der Waals surface area contributed by atoms with Gasteiger partial charge in [0.25, 0.3) is 0 Å². The van der Waals surface area contributed by atoms with E-state index < -0.39 is 0 Å². The molecule has 0 fully saturated rings. The van der Waals surface area contributed by atoms with Crippen LogP contribution in [-0.2, 0) is 10.8 Å². The van der Waals surface area contributed by atoms with Crippen molar-refractivity contribution in [3.8, 4) is 0 Å². The van der Waals surface area contributed by atoms with E-state index in [1.807, 2.05) is 12.1 Å². The molecule has 0 saturated heterocycles. The van der Waals surface area contributed by atoms with Gasteiger partial charge in [-0.05, 0) is 68.7 Å². The highest BCUT2D eigenvalue weighted by Gasteiger charge is 2.44. The van der Waals surface area contributed by atoms with E-state index in [1.54, 1.807) is 0 Å². The van der Waals surface area contributed by atoms with Gasteiger partial charge in [-0.1, -0.05) is 88.4 Å². The zero-order valence-electron chi connectivity index (χ0n) is 24.7. The Kier molecular flexibility index (Phi) is 9.50. The number of rotatable bonds is 11. The monoisotopic (exact) mass is 563 g/mol. The number of hydrogen-bond acceptors (Lipinski definition) is 1. The largest absolute Gasteiger partial charge is 0.344 e. The Morgan fingerprint density at radius 3 is 2.15 bits per heavy atom. The van der Waals surface area contributed by atoms with Crippen molar-refractivity contribution >= 4 is 40.3 Å². The fraction of sp³-hybridized carbons (Fsp3) is 0.457. The molecule has 0 aliphatic carbocycles. The third-order valence-electron chi connectivity index (χ3n) is 8.41. The van der Waals surface area contributed by atoms with Crippen LogP contribution in [0.3, 0.4) is 0 Å². The van der Waals surface area contributed by atoms with E-state index in [9.17, 15) is 0 Å². The first kappa shape index (κ1) is 29.7. The van der Waals surface area contributed by atoms with Gasteiger partial charge in [0, 0.05) is 57.5 Å². The van der Waals surface area contributed by atoms with Crippen molar-refractivity contribution in [2.24, 2.45) is 0 Å². The van der Waals surface area contributed by atoms with E-state index >= 15 is 0 Å². The lowest BCUT2D eigenvalue weighted by Gasteiger charge is -2.27. The highest BCUT2D eigenvalue weighted by molar-refractivity contribution is 6.31. The lowest BCUT2D eigenvalue weighted by Crippen LogP contribution is -2.27. The quantitative estimate of drug-likeness (QED) is 0.149. The van der Waals surface area contributed by atoms with Crippen LogP contribution in [-0.4, -0.2) is 23.4 Å². The molecule has 0 aromatic heterocycles. The first-order valence-electron chi connectivity index (χ1n) is 14.7. The fourth-order valence-corrected chi connectivity index (χ4v) is 6.52. The number of allylic oxidation sites excluding steroid dienone is 6. The average molecular weight is 565 g/mol. The van der Waals surface area contributed by atoms with Crippen LogP contribution in [0.1, 0.15) is 91.2 Å². The third-order valence-corrected chi connectivity index (χ3v) is 8.88. The Morgan fingerprint density at radius 1 is 0.769 bits per heavy atom. The molecule has 4 rings (SSSR count). The molecule has 0 radical (unpaired) electrons. The number of unbranched alkanes of at least 4 members (excludes halogenated alkanes) is 4. The zero-order valence-corrected chi connectivity index (χ0v) is 26.2. The van der Waals surface area contributed by atoms with Crippen molar-refractivity contribution in [2.75, 3.05) is 18.0 Å². The molecule has 2 aliphatic heterocycles. The van der Waals surface area contributed by atoms with Gasteiger partial charge in [0.1, 0.15) is 6.54 Å². The molecular weight excluding hydrogens is 519 g/mol. The summed E-state index contributed by atoms with van der Waals surface area (Å²) in [7, 11) is 0. The van der Waals surface area contributed by atoms with Crippen LogP contribution in [0.4, 0.5) is 11.4 Å². The summed E-state index contributed by atoms with van der Waals surface area (Å²) in [5, 5.41) is 1.61. The highest BCUT2D eigenvalue weighted by atomic mass is 35.5. The first-order valence-corrected chi connectivity index (χ1v) is 15.5. The van der Waals surface area contributed by atoms with E-state index in [0.717, 1.165) is 23.1 Å². The summed E-state index contributed by atoms with van der Waals surface area (Å²) in [4.78, 5) is 2.50. The molecule has 2 aromatic carbocycles. The maximum Gasteiger partial charge on any atom is 0.209 e. The summed E-state index contributed by atoms with van der Waals surface area (Å²) < 4.78 is 2.50. The lowest BCUT2D eigenvalue weighted by molar-refractivity contribution is -0.438. The summed E-state index contributed by atoms with van der Waals surface area (Å²) in [6, 6.07) is 12.7. The van der Waals surface area contributed by atoms with Gasteiger partial charge in [0.15, 0.2) is 5.71 Å². The average Bonchev–Trinajstić information content (AvgIpc) is 3.22.